The second-order valence-corrected chi connectivity index (χ2v) is 9.75. The lowest BCUT2D eigenvalue weighted by Crippen LogP contribution is -2.40. The Kier molecular flexibility index (Phi) is 7.87. The van der Waals surface area contributed by atoms with Gasteiger partial charge in [-0.25, -0.2) is 12.8 Å². The molecule has 7 heteroatoms. The number of halogens is 1. The third kappa shape index (κ3) is 5.99. The van der Waals surface area contributed by atoms with Crippen molar-refractivity contribution in [1.29, 1.82) is 0 Å². The lowest BCUT2D eigenvalue weighted by Gasteiger charge is -2.24. The van der Waals surface area contributed by atoms with Crippen LogP contribution in [0.4, 0.5) is 10.1 Å². The average molecular weight is 469 g/mol. The van der Waals surface area contributed by atoms with Crippen LogP contribution in [0.5, 0.6) is 0 Å². The van der Waals surface area contributed by atoms with Gasteiger partial charge in [0, 0.05) is 6.54 Å². The molecule has 0 unspecified atom stereocenters. The number of nitrogens with one attached hydrogen (secondary N) is 1. The molecule has 1 N–H and O–H groups in total. The predicted octanol–water partition coefficient (Wildman–Crippen LogP) is 4.77. The number of sulfonamides is 1. The number of amides is 1. The molecule has 33 heavy (non-hydrogen) atoms. The number of aryl methyl sites for hydroxylation is 3. The van der Waals surface area contributed by atoms with E-state index < -0.39 is 28.3 Å². The minimum absolute atomic E-state index is 0.0822. The molecule has 3 aromatic rings. The highest BCUT2D eigenvalue weighted by molar-refractivity contribution is 7.92. The summed E-state index contributed by atoms with van der Waals surface area (Å²) in [5.41, 5.74) is 4.67. The molecule has 3 aromatic carbocycles. The summed E-state index contributed by atoms with van der Waals surface area (Å²) >= 11 is 0. The molecule has 0 saturated heterocycles. The first kappa shape index (κ1) is 24.5. The number of hydrogen-bond acceptors (Lipinski definition) is 3. The van der Waals surface area contributed by atoms with E-state index in [-0.39, 0.29) is 4.90 Å². The van der Waals surface area contributed by atoms with Crippen molar-refractivity contribution in [3.8, 4) is 0 Å². The van der Waals surface area contributed by atoms with Crippen molar-refractivity contribution < 1.29 is 17.6 Å². The Labute approximate surface area is 195 Å². The highest BCUT2D eigenvalue weighted by atomic mass is 32.2. The van der Waals surface area contributed by atoms with Crippen LogP contribution in [0.2, 0.25) is 0 Å². The topological polar surface area (TPSA) is 66.5 Å². The smallest absolute Gasteiger partial charge is 0.264 e. The fourth-order valence-electron chi connectivity index (χ4n) is 3.55. The van der Waals surface area contributed by atoms with Crippen LogP contribution in [0, 0.1) is 12.7 Å². The third-order valence-corrected chi connectivity index (χ3v) is 7.33. The maximum Gasteiger partial charge on any atom is 0.264 e. The Morgan fingerprint density at radius 2 is 1.58 bits per heavy atom. The molecular weight excluding hydrogens is 439 g/mol. The number of anilines is 1. The summed E-state index contributed by atoms with van der Waals surface area (Å²) in [4.78, 5) is 12.8. The monoisotopic (exact) mass is 468 g/mol. The molecule has 5 nitrogen and oxygen atoms in total. The van der Waals surface area contributed by atoms with E-state index in [0.717, 1.165) is 46.0 Å². The maximum atomic E-state index is 13.4. The third-order valence-electron chi connectivity index (χ3n) is 5.55. The highest BCUT2D eigenvalue weighted by Gasteiger charge is 2.27. The van der Waals surface area contributed by atoms with Crippen molar-refractivity contribution in [3.05, 3.63) is 94.8 Å². The van der Waals surface area contributed by atoms with Gasteiger partial charge in [-0.2, -0.15) is 0 Å². The molecule has 3 rings (SSSR count). The van der Waals surface area contributed by atoms with Gasteiger partial charge in [-0.3, -0.25) is 9.10 Å². The van der Waals surface area contributed by atoms with Gasteiger partial charge in [0.25, 0.3) is 10.0 Å². The van der Waals surface area contributed by atoms with Crippen LogP contribution in [-0.2, 0) is 34.2 Å². The fourth-order valence-corrected chi connectivity index (χ4v) is 4.97. The standard InChI is InChI=1S/C26H29FN2O3S/c1-4-20-8-9-21(5-2)22(16-20)17-28-26(30)18-29(24-12-6-19(3)7-13-24)33(31,32)25-14-10-23(27)11-15-25/h6-16H,4-5,17-18H2,1-3H3,(H,28,30). The van der Waals surface area contributed by atoms with Crippen molar-refractivity contribution in [2.45, 2.75) is 45.1 Å². The lowest BCUT2D eigenvalue weighted by molar-refractivity contribution is -0.119. The minimum atomic E-state index is -4.08. The lowest BCUT2D eigenvalue weighted by atomic mass is 10.0. The zero-order chi connectivity index (χ0) is 24.0. The van der Waals surface area contributed by atoms with Crippen molar-refractivity contribution in [2.24, 2.45) is 0 Å². The largest absolute Gasteiger partial charge is 0.350 e. The molecule has 0 atom stereocenters. The normalized spacial score (nSPS) is 11.3. The van der Waals surface area contributed by atoms with Gasteiger partial charge in [-0.05, 0) is 72.9 Å². The van der Waals surface area contributed by atoms with Crippen molar-refractivity contribution in [3.63, 3.8) is 0 Å². The number of hydrogen-bond donors (Lipinski definition) is 1. The van der Waals surface area contributed by atoms with Crippen LogP contribution in [0.3, 0.4) is 0 Å². The first-order valence-corrected chi connectivity index (χ1v) is 12.4. The van der Waals surface area contributed by atoms with E-state index in [0.29, 0.717) is 12.2 Å². The number of rotatable bonds is 9. The second-order valence-electron chi connectivity index (χ2n) is 7.89. The fraction of sp³-hybridized carbons (Fsp3) is 0.269. The van der Waals surface area contributed by atoms with E-state index in [1.165, 1.54) is 17.7 Å². The van der Waals surface area contributed by atoms with Gasteiger partial charge in [-0.15, -0.1) is 0 Å². The predicted molar refractivity (Wildman–Crippen MR) is 129 cm³/mol. The zero-order valence-corrected chi connectivity index (χ0v) is 20.0. The molecule has 1 amide bonds. The molecule has 0 heterocycles. The quantitative estimate of drug-likeness (QED) is 0.492. The Bertz CT molecular complexity index is 1210. The van der Waals surface area contributed by atoms with E-state index in [1.807, 2.05) is 6.92 Å². The van der Waals surface area contributed by atoms with E-state index in [9.17, 15) is 17.6 Å². The Balaban J connectivity index is 1.85. The summed E-state index contributed by atoms with van der Waals surface area (Å²) in [6.45, 7) is 5.95. The van der Waals surface area contributed by atoms with Gasteiger partial charge in [0.15, 0.2) is 0 Å². The number of nitrogens with zero attached hydrogens (tertiary/aromatic N) is 1. The Morgan fingerprint density at radius 1 is 0.909 bits per heavy atom. The summed E-state index contributed by atoms with van der Waals surface area (Å²) < 4.78 is 41.1. The molecular formula is C26H29FN2O3S. The van der Waals surface area contributed by atoms with Crippen LogP contribution in [0.25, 0.3) is 0 Å². The van der Waals surface area contributed by atoms with Gasteiger partial charge >= 0.3 is 0 Å². The van der Waals surface area contributed by atoms with Gasteiger partial charge in [0.1, 0.15) is 12.4 Å². The van der Waals surface area contributed by atoms with E-state index in [1.54, 1.807) is 24.3 Å². The molecule has 174 valence electrons. The summed E-state index contributed by atoms with van der Waals surface area (Å²) in [6, 6.07) is 17.7. The average Bonchev–Trinajstić information content (AvgIpc) is 2.81. The van der Waals surface area contributed by atoms with Crippen LogP contribution in [-0.4, -0.2) is 20.9 Å². The van der Waals surface area contributed by atoms with Crippen molar-refractivity contribution in [1.82, 2.24) is 5.32 Å². The highest BCUT2D eigenvalue weighted by Crippen LogP contribution is 2.24. The molecule has 0 spiro atoms. The van der Waals surface area contributed by atoms with E-state index >= 15 is 0 Å². The minimum Gasteiger partial charge on any atom is -0.350 e. The Hall–Kier alpha value is -3.19. The van der Waals surface area contributed by atoms with Gasteiger partial charge in [0.05, 0.1) is 10.6 Å². The van der Waals surface area contributed by atoms with E-state index in [4.69, 9.17) is 0 Å². The van der Waals surface area contributed by atoms with Crippen LogP contribution >= 0.6 is 0 Å². The van der Waals surface area contributed by atoms with Crippen LogP contribution in [0.15, 0.2) is 71.6 Å². The SMILES string of the molecule is CCc1ccc(CC)c(CNC(=O)CN(c2ccc(C)cc2)S(=O)(=O)c2ccc(F)cc2)c1. The summed E-state index contributed by atoms with van der Waals surface area (Å²) in [5, 5.41) is 2.86. The first-order chi connectivity index (χ1) is 15.7. The summed E-state index contributed by atoms with van der Waals surface area (Å²) in [6.07, 6.45) is 1.73. The molecule has 0 bridgehead atoms. The second kappa shape index (κ2) is 10.6. The molecule has 0 saturated carbocycles. The molecule has 0 aliphatic rings. The number of carbonyl (C=O) groups is 1. The van der Waals surface area contributed by atoms with Crippen molar-refractivity contribution in [2.75, 3.05) is 10.8 Å². The molecule has 0 aliphatic carbocycles. The zero-order valence-electron chi connectivity index (χ0n) is 19.1. The van der Waals surface area contributed by atoms with Crippen LogP contribution in [0.1, 0.15) is 36.1 Å². The Morgan fingerprint density at radius 3 is 2.18 bits per heavy atom. The molecule has 0 fully saturated rings. The van der Waals surface area contributed by atoms with Crippen LogP contribution < -0.4 is 9.62 Å². The van der Waals surface area contributed by atoms with Crippen molar-refractivity contribution >= 4 is 21.6 Å². The van der Waals surface area contributed by atoms with Gasteiger partial charge in [0.2, 0.25) is 5.91 Å². The van der Waals surface area contributed by atoms with Gasteiger partial charge in [-0.1, -0.05) is 49.7 Å². The number of benzene rings is 3. The first-order valence-electron chi connectivity index (χ1n) is 11.0. The summed E-state index contributed by atoms with van der Waals surface area (Å²) in [7, 11) is -4.08. The van der Waals surface area contributed by atoms with E-state index in [2.05, 4.69) is 37.4 Å². The number of carbonyl (C=O) groups excluding carboxylic acids is 1. The molecule has 0 aromatic heterocycles. The summed E-state index contributed by atoms with van der Waals surface area (Å²) in [5.74, 6) is -0.958. The molecule has 0 aliphatic heterocycles. The maximum absolute atomic E-state index is 13.4. The van der Waals surface area contributed by atoms with Gasteiger partial charge < -0.3 is 5.32 Å². The molecule has 0 radical (unpaired) electrons.